The minimum Gasteiger partial charge on any atom is -0.366 e. The van der Waals surface area contributed by atoms with Crippen molar-refractivity contribution in [1.29, 1.82) is 0 Å². The maximum Gasteiger partial charge on any atom is 0.130 e. The van der Waals surface area contributed by atoms with Gasteiger partial charge in [-0.1, -0.05) is 6.07 Å². The van der Waals surface area contributed by atoms with E-state index in [1.54, 1.807) is 23.7 Å². The van der Waals surface area contributed by atoms with Crippen LogP contribution in [0.1, 0.15) is 11.4 Å². The molecule has 0 atom stereocenters. The zero-order valence-corrected chi connectivity index (χ0v) is 15.1. The summed E-state index contributed by atoms with van der Waals surface area (Å²) in [7, 11) is 0. The van der Waals surface area contributed by atoms with E-state index in [9.17, 15) is 0 Å². The van der Waals surface area contributed by atoms with E-state index in [1.807, 2.05) is 43.6 Å². The van der Waals surface area contributed by atoms with Crippen molar-refractivity contribution in [2.75, 3.05) is 5.32 Å². The number of anilines is 1. The fourth-order valence-corrected chi connectivity index (χ4v) is 3.37. The molecule has 0 aliphatic carbocycles. The average molecular weight is 359 g/mol. The molecule has 0 aromatic carbocycles. The molecule has 1 N–H and O–H groups in total. The van der Waals surface area contributed by atoms with E-state index >= 15 is 0 Å². The first-order valence-corrected chi connectivity index (χ1v) is 9.14. The number of nitrogens with zero attached hydrogens (tertiary/aromatic N) is 4. The fraction of sp³-hybridized carbons (Fsp3) is 0.100. The smallest absolute Gasteiger partial charge is 0.130 e. The Kier molecular flexibility index (Phi) is 4.66. The summed E-state index contributed by atoms with van der Waals surface area (Å²) in [4.78, 5) is 18.7. The van der Waals surface area contributed by atoms with Gasteiger partial charge in [-0.05, 0) is 42.1 Å². The number of hydrogen-bond donors (Lipinski definition) is 1. The summed E-state index contributed by atoms with van der Waals surface area (Å²) in [6.07, 6.45) is 7.29. The van der Waals surface area contributed by atoms with Crippen LogP contribution in [-0.2, 0) is 6.54 Å². The van der Waals surface area contributed by atoms with Gasteiger partial charge in [-0.15, -0.1) is 11.3 Å². The highest BCUT2D eigenvalue weighted by molar-refractivity contribution is 7.13. The van der Waals surface area contributed by atoms with Crippen molar-refractivity contribution in [2.45, 2.75) is 13.5 Å². The van der Waals surface area contributed by atoms with Crippen LogP contribution in [0, 0.1) is 6.92 Å². The van der Waals surface area contributed by atoms with Gasteiger partial charge in [0.2, 0.25) is 0 Å². The van der Waals surface area contributed by atoms with E-state index in [4.69, 9.17) is 0 Å². The molecule has 26 heavy (non-hydrogen) atoms. The second kappa shape index (κ2) is 7.41. The first-order chi connectivity index (χ1) is 12.8. The highest BCUT2D eigenvalue weighted by Crippen LogP contribution is 2.28. The van der Waals surface area contributed by atoms with Gasteiger partial charge in [0.25, 0.3) is 0 Å². The molecule has 4 heterocycles. The molecular formula is C20H17N5S. The first-order valence-electron chi connectivity index (χ1n) is 8.26. The zero-order chi connectivity index (χ0) is 17.8. The van der Waals surface area contributed by atoms with Crippen molar-refractivity contribution in [3.05, 3.63) is 78.0 Å². The highest BCUT2D eigenvalue weighted by Gasteiger charge is 2.07. The van der Waals surface area contributed by atoms with Crippen LogP contribution in [0.4, 0.5) is 5.82 Å². The molecule has 0 aliphatic heterocycles. The Bertz CT molecular complexity index is 1000. The number of rotatable bonds is 5. The zero-order valence-electron chi connectivity index (χ0n) is 14.3. The predicted octanol–water partition coefficient (Wildman–Crippen LogP) is 4.58. The number of aryl methyl sites for hydroxylation is 1. The summed E-state index contributed by atoms with van der Waals surface area (Å²) >= 11 is 1.70. The van der Waals surface area contributed by atoms with E-state index in [1.165, 1.54) is 4.88 Å². The highest BCUT2D eigenvalue weighted by atomic mass is 32.1. The van der Waals surface area contributed by atoms with Gasteiger partial charge in [-0.3, -0.25) is 9.97 Å². The standard InChI is InChI=1S/C20H17N5S/c1-14-24-18(10-20(25-14)23-11-15-4-6-21-7-5-15)16-9-17(13-22-12-16)19-3-2-8-26-19/h2-10,12-13H,11H2,1H3,(H,23,24,25). The summed E-state index contributed by atoms with van der Waals surface area (Å²) in [5.74, 6) is 1.52. The largest absolute Gasteiger partial charge is 0.366 e. The molecule has 0 amide bonds. The molecule has 5 nitrogen and oxygen atoms in total. The molecule has 0 bridgehead atoms. The number of aromatic nitrogens is 4. The van der Waals surface area contributed by atoms with Gasteiger partial charge in [0, 0.05) is 53.4 Å². The molecule has 128 valence electrons. The van der Waals surface area contributed by atoms with E-state index in [0.717, 1.165) is 34.0 Å². The molecule has 0 aliphatic rings. The van der Waals surface area contributed by atoms with Crippen molar-refractivity contribution in [1.82, 2.24) is 19.9 Å². The lowest BCUT2D eigenvalue weighted by Gasteiger charge is -2.09. The number of hydrogen-bond acceptors (Lipinski definition) is 6. The third-order valence-electron chi connectivity index (χ3n) is 3.90. The van der Waals surface area contributed by atoms with E-state index in [0.29, 0.717) is 6.54 Å². The van der Waals surface area contributed by atoms with Crippen molar-refractivity contribution >= 4 is 17.2 Å². The van der Waals surface area contributed by atoms with Crippen LogP contribution < -0.4 is 5.32 Å². The maximum absolute atomic E-state index is 4.58. The predicted molar refractivity (Wildman–Crippen MR) is 105 cm³/mol. The molecule has 0 radical (unpaired) electrons. The van der Waals surface area contributed by atoms with Gasteiger partial charge in [-0.25, -0.2) is 9.97 Å². The Labute approximate surface area is 155 Å². The molecule has 4 aromatic heterocycles. The van der Waals surface area contributed by atoms with Crippen LogP contribution in [-0.4, -0.2) is 19.9 Å². The molecule has 0 fully saturated rings. The van der Waals surface area contributed by atoms with Crippen molar-refractivity contribution < 1.29 is 0 Å². The van der Waals surface area contributed by atoms with Crippen LogP contribution in [0.5, 0.6) is 0 Å². The Morgan fingerprint density at radius 2 is 1.81 bits per heavy atom. The Balaban J connectivity index is 1.61. The normalized spacial score (nSPS) is 10.7. The summed E-state index contributed by atoms with van der Waals surface area (Å²) in [5, 5.41) is 5.42. The van der Waals surface area contributed by atoms with Gasteiger partial charge < -0.3 is 5.32 Å². The lowest BCUT2D eigenvalue weighted by atomic mass is 10.1. The van der Waals surface area contributed by atoms with Gasteiger partial charge in [0.15, 0.2) is 0 Å². The molecule has 0 spiro atoms. The summed E-state index contributed by atoms with van der Waals surface area (Å²) < 4.78 is 0. The number of nitrogens with one attached hydrogen (secondary N) is 1. The topological polar surface area (TPSA) is 63.6 Å². The van der Waals surface area contributed by atoms with Gasteiger partial charge in [0.05, 0.1) is 5.69 Å². The van der Waals surface area contributed by atoms with Crippen molar-refractivity contribution in [3.63, 3.8) is 0 Å². The van der Waals surface area contributed by atoms with E-state index in [-0.39, 0.29) is 0 Å². The quantitative estimate of drug-likeness (QED) is 0.565. The monoisotopic (exact) mass is 359 g/mol. The molecule has 6 heteroatoms. The number of thiophene rings is 1. The van der Waals surface area contributed by atoms with E-state index in [2.05, 4.69) is 42.8 Å². The van der Waals surface area contributed by atoms with Crippen LogP contribution >= 0.6 is 11.3 Å². The van der Waals surface area contributed by atoms with Crippen LogP contribution in [0.15, 0.2) is 66.6 Å². The molecule has 0 unspecified atom stereocenters. The fourth-order valence-electron chi connectivity index (χ4n) is 2.66. The second-order valence-corrected chi connectivity index (χ2v) is 6.78. The van der Waals surface area contributed by atoms with Gasteiger partial charge >= 0.3 is 0 Å². The second-order valence-electron chi connectivity index (χ2n) is 5.83. The van der Waals surface area contributed by atoms with Crippen molar-refractivity contribution in [3.8, 4) is 21.7 Å². The molecule has 0 saturated carbocycles. The minimum atomic E-state index is 0.686. The van der Waals surface area contributed by atoms with Crippen LogP contribution in [0.25, 0.3) is 21.7 Å². The van der Waals surface area contributed by atoms with Crippen molar-refractivity contribution in [2.24, 2.45) is 0 Å². The molecule has 0 saturated heterocycles. The van der Waals surface area contributed by atoms with Crippen LogP contribution in [0.3, 0.4) is 0 Å². The molecular weight excluding hydrogens is 342 g/mol. The van der Waals surface area contributed by atoms with Gasteiger partial charge in [0.1, 0.15) is 11.6 Å². The number of pyridine rings is 2. The lowest BCUT2D eigenvalue weighted by Crippen LogP contribution is -2.04. The molecule has 4 rings (SSSR count). The van der Waals surface area contributed by atoms with E-state index < -0.39 is 0 Å². The minimum absolute atomic E-state index is 0.686. The maximum atomic E-state index is 4.58. The third kappa shape index (κ3) is 3.75. The Morgan fingerprint density at radius 1 is 0.962 bits per heavy atom. The Morgan fingerprint density at radius 3 is 2.62 bits per heavy atom. The SMILES string of the molecule is Cc1nc(NCc2ccncc2)cc(-c2cncc(-c3cccs3)c2)n1. The first kappa shape index (κ1) is 16.4. The molecule has 4 aromatic rings. The third-order valence-corrected chi connectivity index (χ3v) is 4.82. The Hall–Kier alpha value is -3.12. The summed E-state index contributed by atoms with van der Waals surface area (Å²) in [6, 6.07) is 12.2. The summed E-state index contributed by atoms with van der Waals surface area (Å²) in [6.45, 7) is 2.59. The van der Waals surface area contributed by atoms with Gasteiger partial charge in [-0.2, -0.15) is 0 Å². The lowest BCUT2D eigenvalue weighted by molar-refractivity contribution is 1.02. The summed E-state index contributed by atoms with van der Waals surface area (Å²) in [5.41, 5.74) is 4.09. The van der Waals surface area contributed by atoms with Crippen LogP contribution in [0.2, 0.25) is 0 Å². The average Bonchev–Trinajstić information content (AvgIpc) is 3.22.